The van der Waals surface area contributed by atoms with Crippen LogP contribution in [0.1, 0.15) is 47.5 Å². The van der Waals surface area contributed by atoms with Crippen molar-refractivity contribution in [1.29, 1.82) is 0 Å². The molecule has 1 aliphatic rings. The Hall–Kier alpha value is 0.350. The number of hydrogen-bond acceptors (Lipinski definition) is 1. The first kappa shape index (κ1) is 10.4. The lowest BCUT2D eigenvalue weighted by Gasteiger charge is -2.42. The van der Waals surface area contributed by atoms with Gasteiger partial charge < -0.3 is 0 Å². The maximum atomic E-state index is 2.44. The molecule has 1 fully saturated rings. The predicted octanol–water partition coefficient (Wildman–Crippen LogP) is 3.95. The van der Waals surface area contributed by atoms with Crippen LogP contribution in [0, 0.1) is 11.8 Å². The molecule has 1 saturated heterocycles. The largest absolute Gasteiger partial charge is 0.152 e. The first-order valence-electron chi connectivity index (χ1n) is 5.13. The van der Waals surface area contributed by atoms with Gasteiger partial charge in [-0.15, -0.1) is 0 Å². The molecular weight excluding hydrogens is 164 g/mol. The molecule has 0 radical (unpaired) electrons. The zero-order valence-electron chi connectivity index (χ0n) is 9.05. The quantitative estimate of drug-likeness (QED) is 0.597. The smallest absolute Gasteiger partial charge is 0.0157 e. The standard InChI is InChI=1S/C11H22S/c1-8(2)11(5)7-6-9(3)10(4)12-11/h8-10H,6-7H2,1-5H3. The molecule has 0 saturated carbocycles. The lowest BCUT2D eigenvalue weighted by atomic mass is 9.87. The van der Waals surface area contributed by atoms with Crippen molar-refractivity contribution in [2.45, 2.75) is 57.5 Å². The van der Waals surface area contributed by atoms with E-state index in [4.69, 9.17) is 0 Å². The Morgan fingerprint density at radius 1 is 1.33 bits per heavy atom. The van der Waals surface area contributed by atoms with Crippen LogP contribution < -0.4 is 0 Å². The minimum absolute atomic E-state index is 0.548. The summed E-state index contributed by atoms with van der Waals surface area (Å²) in [6, 6.07) is 0. The Morgan fingerprint density at radius 2 is 1.92 bits per heavy atom. The first-order chi connectivity index (χ1) is 5.46. The zero-order valence-corrected chi connectivity index (χ0v) is 9.87. The molecular formula is C11H22S. The zero-order chi connectivity index (χ0) is 9.35. The summed E-state index contributed by atoms with van der Waals surface area (Å²) in [7, 11) is 0. The summed E-state index contributed by atoms with van der Waals surface area (Å²) in [4.78, 5) is 0. The van der Waals surface area contributed by atoms with E-state index < -0.39 is 0 Å². The van der Waals surface area contributed by atoms with Crippen LogP contribution in [0.2, 0.25) is 0 Å². The molecule has 1 heteroatoms. The molecule has 0 amide bonds. The molecule has 1 rings (SSSR count). The molecule has 0 bridgehead atoms. The van der Waals surface area contributed by atoms with Crippen LogP contribution in [0.25, 0.3) is 0 Å². The Morgan fingerprint density at radius 3 is 2.33 bits per heavy atom. The number of rotatable bonds is 1. The predicted molar refractivity (Wildman–Crippen MR) is 58.7 cm³/mol. The molecule has 0 spiro atoms. The fourth-order valence-corrected chi connectivity index (χ4v) is 3.50. The van der Waals surface area contributed by atoms with Gasteiger partial charge >= 0.3 is 0 Å². The molecule has 1 heterocycles. The van der Waals surface area contributed by atoms with Gasteiger partial charge in [0.05, 0.1) is 0 Å². The molecule has 72 valence electrons. The second-order valence-electron chi connectivity index (χ2n) is 4.81. The van der Waals surface area contributed by atoms with Gasteiger partial charge in [-0.1, -0.05) is 34.6 Å². The Balaban J connectivity index is 2.60. The van der Waals surface area contributed by atoms with Gasteiger partial charge in [-0.3, -0.25) is 0 Å². The van der Waals surface area contributed by atoms with Gasteiger partial charge in [0.25, 0.3) is 0 Å². The second-order valence-corrected chi connectivity index (χ2v) is 6.72. The normalized spacial score (nSPS) is 43.5. The van der Waals surface area contributed by atoms with E-state index in [0.717, 1.165) is 17.1 Å². The molecule has 0 aromatic carbocycles. The maximum Gasteiger partial charge on any atom is 0.0157 e. The van der Waals surface area contributed by atoms with Crippen LogP contribution in [0.5, 0.6) is 0 Å². The third-order valence-electron chi connectivity index (χ3n) is 3.57. The highest BCUT2D eigenvalue weighted by Crippen LogP contribution is 2.47. The van der Waals surface area contributed by atoms with Crippen LogP contribution in [0.15, 0.2) is 0 Å². The highest BCUT2D eigenvalue weighted by molar-refractivity contribution is 8.01. The van der Waals surface area contributed by atoms with Gasteiger partial charge in [0.2, 0.25) is 0 Å². The second kappa shape index (κ2) is 3.61. The van der Waals surface area contributed by atoms with Gasteiger partial charge in [0.15, 0.2) is 0 Å². The monoisotopic (exact) mass is 186 g/mol. The van der Waals surface area contributed by atoms with E-state index in [1.807, 2.05) is 0 Å². The van der Waals surface area contributed by atoms with E-state index in [-0.39, 0.29) is 0 Å². The molecule has 1 aliphatic heterocycles. The molecule has 0 aliphatic carbocycles. The number of hydrogen-bond donors (Lipinski definition) is 0. The summed E-state index contributed by atoms with van der Waals surface area (Å²) < 4.78 is 0.548. The van der Waals surface area contributed by atoms with E-state index in [9.17, 15) is 0 Å². The third kappa shape index (κ3) is 1.99. The van der Waals surface area contributed by atoms with Gasteiger partial charge in [-0.25, -0.2) is 0 Å². The fraction of sp³-hybridized carbons (Fsp3) is 1.00. The van der Waals surface area contributed by atoms with Crippen molar-refractivity contribution in [1.82, 2.24) is 0 Å². The lowest BCUT2D eigenvalue weighted by Crippen LogP contribution is -2.36. The summed E-state index contributed by atoms with van der Waals surface area (Å²) in [6.45, 7) is 11.9. The van der Waals surface area contributed by atoms with E-state index in [1.54, 1.807) is 0 Å². The average Bonchev–Trinajstić information content (AvgIpc) is 1.97. The Labute approximate surface area is 81.5 Å². The fourth-order valence-electron chi connectivity index (χ4n) is 1.77. The summed E-state index contributed by atoms with van der Waals surface area (Å²) >= 11 is 2.20. The molecule has 3 unspecified atom stereocenters. The Kier molecular flexibility index (Phi) is 3.14. The first-order valence-corrected chi connectivity index (χ1v) is 6.01. The minimum atomic E-state index is 0.548. The summed E-state index contributed by atoms with van der Waals surface area (Å²) in [6.07, 6.45) is 2.82. The molecule has 0 nitrogen and oxygen atoms in total. The van der Waals surface area contributed by atoms with Crippen molar-refractivity contribution < 1.29 is 0 Å². The SMILES string of the molecule is CC1CCC(C)(C(C)C)SC1C. The van der Waals surface area contributed by atoms with E-state index >= 15 is 0 Å². The highest BCUT2D eigenvalue weighted by Gasteiger charge is 2.36. The van der Waals surface area contributed by atoms with Crippen LogP contribution in [-0.2, 0) is 0 Å². The summed E-state index contributed by atoms with van der Waals surface area (Å²) in [5.74, 6) is 1.74. The van der Waals surface area contributed by atoms with Gasteiger partial charge in [-0.2, -0.15) is 11.8 Å². The molecule has 3 atom stereocenters. The van der Waals surface area contributed by atoms with Crippen molar-refractivity contribution in [3.63, 3.8) is 0 Å². The molecule has 0 aromatic heterocycles. The average molecular weight is 186 g/mol. The highest BCUT2D eigenvalue weighted by atomic mass is 32.2. The maximum absolute atomic E-state index is 2.44. The van der Waals surface area contributed by atoms with Gasteiger partial charge in [-0.05, 0) is 24.7 Å². The van der Waals surface area contributed by atoms with E-state index in [1.165, 1.54) is 12.8 Å². The van der Waals surface area contributed by atoms with Crippen LogP contribution in [0.3, 0.4) is 0 Å². The number of thioether (sulfide) groups is 1. The van der Waals surface area contributed by atoms with Gasteiger partial charge in [0, 0.05) is 10.00 Å². The van der Waals surface area contributed by atoms with Crippen molar-refractivity contribution in [2.75, 3.05) is 0 Å². The summed E-state index contributed by atoms with van der Waals surface area (Å²) in [5, 5.41) is 0.853. The van der Waals surface area contributed by atoms with Crippen LogP contribution in [0.4, 0.5) is 0 Å². The van der Waals surface area contributed by atoms with E-state index in [0.29, 0.717) is 4.75 Å². The van der Waals surface area contributed by atoms with Crippen LogP contribution in [-0.4, -0.2) is 10.00 Å². The molecule has 0 N–H and O–H groups in total. The lowest BCUT2D eigenvalue weighted by molar-refractivity contribution is 0.360. The van der Waals surface area contributed by atoms with Crippen molar-refractivity contribution in [3.05, 3.63) is 0 Å². The molecule has 0 aromatic rings. The third-order valence-corrected chi connectivity index (χ3v) is 5.62. The Bertz CT molecular complexity index is 153. The van der Waals surface area contributed by atoms with Crippen LogP contribution >= 0.6 is 11.8 Å². The van der Waals surface area contributed by atoms with Crippen molar-refractivity contribution >= 4 is 11.8 Å². The van der Waals surface area contributed by atoms with E-state index in [2.05, 4.69) is 46.4 Å². The minimum Gasteiger partial charge on any atom is -0.152 e. The van der Waals surface area contributed by atoms with Crippen molar-refractivity contribution in [3.8, 4) is 0 Å². The van der Waals surface area contributed by atoms with Crippen molar-refractivity contribution in [2.24, 2.45) is 11.8 Å². The molecule has 12 heavy (non-hydrogen) atoms. The van der Waals surface area contributed by atoms with Gasteiger partial charge in [0.1, 0.15) is 0 Å². The summed E-state index contributed by atoms with van der Waals surface area (Å²) in [5.41, 5.74) is 0. The topological polar surface area (TPSA) is 0 Å².